The lowest BCUT2D eigenvalue weighted by molar-refractivity contribution is -0.136. The second-order valence-electron chi connectivity index (χ2n) is 14.2. The van der Waals surface area contributed by atoms with Gasteiger partial charge in [0.15, 0.2) is 5.75 Å². The van der Waals surface area contributed by atoms with Crippen LogP contribution in [0.1, 0.15) is 51.2 Å². The van der Waals surface area contributed by atoms with Crippen LogP contribution in [0.4, 0.5) is 16.2 Å². The molecule has 3 heterocycles. The van der Waals surface area contributed by atoms with Gasteiger partial charge in [0.05, 0.1) is 30.3 Å². The first-order valence-corrected chi connectivity index (χ1v) is 18.5. The number of benzene rings is 2. The van der Waals surface area contributed by atoms with Crippen LogP contribution in [0.3, 0.4) is 0 Å². The van der Waals surface area contributed by atoms with E-state index in [4.69, 9.17) is 9.47 Å². The van der Waals surface area contributed by atoms with E-state index in [1.807, 2.05) is 50.6 Å². The normalized spacial score (nSPS) is 17.3. The van der Waals surface area contributed by atoms with Crippen molar-refractivity contribution in [3.05, 3.63) is 47.5 Å². The van der Waals surface area contributed by atoms with Crippen LogP contribution in [-0.2, 0) is 33.8 Å². The summed E-state index contributed by atoms with van der Waals surface area (Å²) in [5.74, 6) is 0.977. The first kappa shape index (κ1) is 35.5. The van der Waals surface area contributed by atoms with Gasteiger partial charge in [0, 0.05) is 57.1 Å². The fourth-order valence-electron chi connectivity index (χ4n) is 6.69. The minimum atomic E-state index is -3.62. The average molecular weight is 683 g/mol. The van der Waals surface area contributed by atoms with Gasteiger partial charge >= 0.3 is 6.09 Å². The molecular formula is C35H50N6O6S. The van der Waals surface area contributed by atoms with Crippen molar-refractivity contribution < 1.29 is 27.5 Å². The van der Waals surface area contributed by atoms with Crippen LogP contribution in [-0.4, -0.2) is 99.4 Å². The number of anilines is 2. The predicted molar refractivity (Wildman–Crippen MR) is 189 cm³/mol. The molecule has 2 amide bonds. The molecule has 2 aromatic carbocycles. The molecule has 0 unspecified atom stereocenters. The lowest BCUT2D eigenvalue weighted by atomic mass is 9.86. The van der Waals surface area contributed by atoms with Gasteiger partial charge in [0.2, 0.25) is 21.8 Å². The van der Waals surface area contributed by atoms with E-state index in [2.05, 4.69) is 37.9 Å². The van der Waals surface area contributed by atoms with E-state index in [-0.39, 0.29) is 28.5 Å². The molecule has 2 N–H and O–H groups in total. The van der Waals surface area contributed by atoms with Gasteiger partial charge in [-0.05, 0) is 68.1 Å². The number of fused-ring (bicyclic) bond motifs is 1. The third-order valence-corrected chi connectivity index (χ3v) is 9.94. The van der Waals surface area contributed by atoms with Crippen molar-refractivity contribution in [2.75, 3.05) is 69.7 Å². The molecule has 2 aliphatic rings. The fraction of sp³-hybridized carbons (Fsp3) is 0.543. The zero-order valence-corrected chi connectivity index (χ0v) is 30.1. The Bertz CT molecular complexity index is 1760. The summed E-state index contributed by atoms with van der Waals surface area (Å²) in [5.41, 5.74) is 3.03. The van der Waals surface area contributed by atoms with Crippen LogP contribution in [0.5, 0.6) is 11.6 Å². The van der Waals surface area contributed by atoms with E-state index in [1.165, 1.54) is 7.11 Å². The molecule has 1 aromatic heterocycles. The quantitative estimate of drug-likeness (QED) is 0.346. The number of piperidine rings is 1. The van der Waals surface area contributed by atoms with E-state index in [0.29, 0.717) is 18.3 Å². The van der Waals surface area contributed by atoms with Gasteiger partial charge in [-0.2, -0.15) is 0 Å². The maximum Gasteiger partial charge on any atom is 0.418 e. The van der Waals surface area contributed by atoms with Gasteiger partial charge in [-0.1, -0.05) is 39.0 Å². The smallest absolute Gasteiger partial charge is 0.418 e. The number of hydrogen-bond donors (Lipinski definition) is 2. The molecule has 2 aliphatic heterocycles. The lowest BCUT2D eigenvalue weighted by Gasteiger charge is -2.32. The van der Waals surface area contributed by atoms with Crippen LogP contribution in [0, 0.1) is 5.92 Å². The zero-order chi connectivity index (χ0) is 34.8. The number of ether oxygens (including phenoxy) is 2. The first-order chi connectivity index (χ1) is 22.6. The Morgan fingerprint density at radius 1 is 0.958 bits per heavy atom. The molecule has 0 atom stereocenters. The number of carbonyl (C=O) groups excluding carboxylic acids is 2. The summed E-state index contributed by atoms with van der Waals surface area (Å²) in [6.45, 7) is 11.9. The van der Waals surface area contributed by atoms with Crippen LogP contribution in [0.25, 0.3) is 10.9 Å². The highest BCUT2D eigenvalue weighted by Gasteiger charge is 2.29. The lowest BCUT2D eigenvalue weighted by Crippen LogP contribution is -2.43. The summed E-state index contributed by atoms with van der Waals surface area (Å²) in [4.78, 5) is 33.3. The molecule has 3 aromatic rings. The molecule has 0 saturated carbocycles. The molecular weight excluding hydrogens is 632 g/mol. The number of methoxy groups -OCH3 is 1. The first-order valence-electron chi connectivity index (χ1n) is 16.6. The largest absolute Gasteiger partial charge is 0.492 e. The Labute approximate surface area is 284 Å². The van der Waals surface area contributed by atoms with Crippen LogP contribution >= 0.6 is 0 Å². The Hall–Kier alpha value is -3.81. The molecule has 12 nitrogen and oxygen atoms in total. The highest BCUT2D eigenvalue weighted by atomic mass is 32.2. The van der Waals surface area contributed by atoms with Crippen LogP contribution in [0.2, 0.25) is 0 Å². The van der Waals surface area contributed by atoms with Crippen molar-refractivity contribution in [3.63, 3.8) is 0 Å². The van der Waals surface area contributed by atoms with Gasteiger partial charge in [-0.25, -0.2) is 13.2 Å². The number of nitrogens with one attached hydrogen (secondary N) is 2. The third kappa shape index (κ3) is 8.42. The number of aryl methyl sites for hydroxylation is 1. The molecule has 13 heteroatoms. The maximum atomic E-state index is 13.3. The molecule has 48 heavy (non-hydrogen) atoms. The molecule has 2 saturated heterocycles. The third-order valence-electron chi connectivity index (χ3n) is 9.35. The van der Waals surface area contributed by atoms with E-state index in [0.717, 1.165) is 86.8 Å². The minimum Gasteiger partial charge on any atom is -0.492 e. The predicted octanol–water partition coefficient (Wildman–Crippen LogP) is 4.84. The summed E-state index contributed by atoms with van der Waals surface area (Å²) in [7, 11) is 1.78. The van der Waals surface area contributed by atoms with Crippen molar-refractivity contribution in [1.82, 2.24) is 19.3 Å². The summed E-state index contributed by atoms with van der Waals surface area (Å²) in [6.07, 6.45) is 3.12. The second kappa shape index (κ2) is 14.4. The summed E-state index contributed by atoms with van der Waals surface area (Å²) in [5, 5.41) is 3.71. The number of amides is 2. The fourth-order valence-corrected chi connectivity index (χ4v) is 7.24. The molecule has 0 aliphatic carbocycles. The van der Waals surface area contributed by atoms with Gasteiger partial charge in [-0.3, -0.25) is 19.7 Å². The zero-order valence-electron chi connectivity index (χ0n) is 29.3. The number of carbonyl (C=O) groups is 2. The molecule has 262 valence electrons. The highest BCUT2D eigenvalue weighted by molar-refractivity contribution is 7.92. The van der Waals surface area contributed by atoms with Crippen molar-refractivity contribution in [1.29, 1.82) is 0 Å². The average Bonchev–Trinajstić information content (AvgIpc) is 3.15. The summed E-state index contributed by atoms with van der Waals surface area (Å²) in [6, 6.07) is 11.4. The Morgan fingerprint density at radius 2 is 1.67 bits per heavy atom. The van der Waals surface area contributed by atoms with Gasteiger partial charge in [-0.15, -0.1) is 0 Å². The molecule has 0 radical (unpaired) electrons. The van der Waals surface area contributed by atoms with Crippen molar-refractivity contribution in [2.45, 2.75) is 52.0 Å². The Balaban J connectivity index is 1.30. The maximum absolute atomic E-state index is 13.3. The molecule has 5 rings (SSSR count). The molecule has 2 fully saturated rings. The Kier molecular flexibility index (Phi) is 10.6. The number of sulfonamides is 1. The number of rotatable bonds is 8. The number of para-hydroxylation sites is 1. The van der Waals surface area contributed by atoms with E-state index < -0.39 is 16.1 Å². The highest BCUT2D eigenvalue weighted by Crippen LogP contribution is 2.39. The van der Waals surface area contributed by atoms with Crippen LogP contribution < -0.4 is 19.5 Å². The Morgan fingerprint density at radius 3 is 2.33 bits per heavy atom. The van der Waals surface area contributed by atoms with Crippen LogP contribution in [0.15, 0.2) is 36.4 Å². The molecule has 0 spiro atoms. The molecule has 0 bridgehead atoms. The number of hydrogen-bond acceptors (Lipinski definition) is 8. The van der Waals surface area contributed by atoms with E-state index in [1.54, 1.807) is 12.1 Å². The minimum absolute atomic E-state index is 0.134. The van der Waals surface area contributed by atoms with Crippen molar-refractivity contribution in [2.24, 2.45) is 13.0 Å². The second-order valence-corrected chi connectivity index (χ2v) is 15.9. The summed E-state index contributed by atoms with van der Waals surface area (Å²) >= 11 is 0. The van der Waals surface area contributed by atoms with Gasteiger partial charge < -0.3 is 23.8 Å². The van der Waals surface area contributed by atoms with Crippen molar-refractivity contribution in [3.8, 4) is 11.6 Å². The standard InChI is InChI=1S/C35H50N6O6S/c1-35(2,3)27-21-28(32(46-6)29(22-27)37-48(7,44)45)36-34(43)47-30-20-25-10-8-11-26(31(25)39(30)5)23-40-14-9-15-41(19-18-40)33(42)24-12-16-38(4)17-13-24/h8,10-11,20-22,24,37H,9,12-19,23H2,1-7H3,(H,36,43). The van der Waals surface area contributed by atoms with Gasteiger partial charge in [0.25, 0.3) is 0 Å². The SMILES string of the molecule is COc1c(NC(=O)Oc2cc3cccc(CN4CCCN(C(=O)C5CCN(C)CC5)CC4)c3n2C)cc(C(C)(C)C)cc1NS(C)(=O)=O. The van der Waals surface area contributed by atoms with Gasteiger partial charge in [0.1, 0.15) is 0 Å². The topological polar surface area (TPSA) is 125 Å². The van der Waals surface area contributed by atoms with E-state index in [9.17, 15) is 18.0 Å². The number of likely N-dealkylation sites (tertiary alicyclic amines) is 1. The monoisotopic (exact) mass is 682 g/mol. The van der Waals surface area contributed by atoms with E-state index >= 15 is 0 Å². The summed E-state index contributed by atoms with van der Waals surface area (Å²) < 4.78 is 39.9. The van der Waals surface area contributed by atoms with Crippen molar-refractivity contribution >= 4 is 44.3 Å². The number of nitrogens with zero attached hydrogens (tertiary/aromatic N) is 4. The number of aromatic nitrogens is 1.